The van der Waals surface area contributed by atoms with Gasteiger partial charge < -0.3 is 10.0 Å². The van der Waals surface area contributed by atoms with Gasteiger partial charge in [0.1, 0.15) is 5.69 Å². The Morgan fingerprint density at radius 1 is 1.31 bits per heavy atom. The normalized spacial score (nSPS) is 10.9. The molecule has 1 N–H and O–H groups in total. The van der Waals surface area contributed by atoms with Gasteiger partial charge in [-0.25, -0.2) is 4.98 Å². The van der Waals surface area contributed by atoms with Crippen LogP contribution < -0.4 is 5.56 Å². The predicted octanol–water partition coefficient (Wildman–Crippen LogP) is 2.85. The van der Waals surface area contributed by atoms with E-state index in [9.17, 15) is 9.59 Å². The summed E-state index contributed by atoms with van der Waals surface area (Å²) in [6.45, 7) is 4.34. The predicted molar refractivity (Wildman–Crippen MR) is 113 cm³/mol. The van der Waals surface area contributed by atoms with Crippen LogP contribution in [0.1, 0.15) is 24.3 Å². The third-order valence-electron chi connectivity index (χ3n) is 4.52. The molecule has 0 spiro atoms. The monoisotopic (exact) mass is 414 g/mol. The maximum Gasteiger partial charge on any atom is 0.295 e. The Kier molecular flexibility index (Phi) is 6.20. The molecule has 1 aromatic carbocycles. The average Bonchev–Trinajstić information content (AvgIpc) is 3.11. The molecule has 0 aliphatic heterocycles. The van der Waals surface area contributed by atoms with E-state index in [1.165, 1.54) is 11.1 Å². The van der Waals surface area contributed by atoms with E-state index in [1.54, 1.807) is 34.3 Å². The van der Waals surface area contributed by atoms with Gasteiger partial charge in [0.15, 0.2) is 0 Å². The second kappa shape index (κ2) is 8.63. The van der Waals surface area contributed by atoms with Gasteiger partial charge in [-0.05, 0) is 26.0 Å². The molecule has 8 heteroatoms. The summed E-state index contributed by atoms with van der Waals surface area (Å²) in [6.07, 6.45) is 5.26. The van der Waals surface area contributed by atoms with Crippen molar-refractivity contribution in [2.75, 3.05) is 20.2 Å². The van der Waals surface area contributed by atoms with E-state index in [0.29, 0.717) is 17.3 Å². The Bertz CT molecular complexity index is 1140. The molecule has 0 fully saturated rings. The zero-order chi connectivity index (χ0) is 21.1. The second-order valence-corrected chi connectivity index (χ2v) is 7.47. The van der Waals surface area contributed by atoms with E-state index in [1.807, 2.05) is 32.1 Å². The highest BCUT2D eigenvalue weighted by atomic mass is 35.5. The third-order valence-corrected chi connectivity index (χ3v) is 4.76. The summed E-state index contributed by atoms with van der Waals surface area (Å²) >= 11 is 6.15. The highest BCUT2D eigenvalue weighted by molar-refractivity contribution is 6.30. The van der Waals surface area contributed by atoms with Gasteiger partial charge in [0.25, 0.3) is 11.5 Å². The van der Waals surface area contributed by atoms with E-state index >= 15 is 0 Å². The van der Waals surface area contributed by atoms with Crippen LogP contribution in [0.5, 0.6) is 0 Å². The Hall–Kier alpha value is -2.90. The topological polar surface area (TPSA) is 79.8 Å². The van der Waals surface area contributed by atoms with Crippen molar-refractivity contribution in [2.24, 2.45) is 0 Å². The first-order chi connectivity index (χ1) is 13.8. The van der Waals surface area contributed by atoms with Gasteiger partial charge in [0, 0.05) is 43.1 Å². The molecular weight excluding hydrogens is 392 g/mol. The van der Waals surface area contributed by atoms with Crippen molar-refractivity contribution in [2.45, 2.75) is 20.4 Å². The SMILES string of the molecule is CC(C)=CCn1c(-c2cccc(Cl)c2)cn2cc(C(=O)N(C)CCO)nc2c1=O. The van der Waals surface area contributed by atoms with E-state index in [-0.39, 0.29) is 36.0 Å². The number of benzene rings is 1. The maximum absolute atomic E-state index is 13.2. The lowest BCUT2D eigenvalue weighted by Crippen LogP contribution is -2.29. The summed E-state index contributed by atoms with van der Waals surface area (Å²) in [7, 11) is 1.58. The Morgan fingerprint density at radius 2 is 2.07 bits per heavy atom. The molecule has 0 aliphatic rings. The van der Waals surface area contributed by atoms with Gasteiger partial charge in [-0.3, -0.25) is 18.6 Å². The van der Waals surface area contributed by atoms with Crippen molar-refractivity contribution >= 4 is 23.2 Å². The number of carbonyl (C=O) groups excluding carboxylic acids is 1. The number of nitrogens with zero attached hydrogens (tertiary/aromatic N) is 4. The number of allylic oxidation sites excluding steroid dienone is 2. The smallest absolute Gasteiger partial charge is 0.295 e. The van der Waals surface area contributed by atoms with Crippen molar-refractivity contribution in [1.29, 1.82) is 0 Å². The van der Waals surface area contributed by atoms with E-state index in [2.05, 4.69) is 4.98 Å². The summed E-state index contributed by atoms with van der Waals surface area (Å²) in [5, 5.41) is 9.62. The molecule has 2 aromatic heterocycles. The van der Waals surface area contributed by atoms with Crippen LogP contribution >= 0.6 is 11.6 Å². The standard InChI is InChI=1S/C21H23ClN4O3/c1-14(2)7-8-26-18(15-5-4-6-16(22)11-15)13-25-12-17(23-19(25)21(26)29)20(28)24(3)9-10-27/h4-7,11-13,27H,8-10H2,1-3H3. The Labute approximate surface area is 173 Å². The first-order valence-electron chi connectivity index (χ1n) is 9.20. The molecule has 29 heavy (non-hydrogen) atoms. The molecule has 0 radical (unpaired) electrons. The molecule has 3 aromatic rings. The van der Waals surface area contributed by atoms with Gasteiger partial charge in [-0.15, -0.1) is 0 Å². The number of imidazole rings is 1. The molecular formula is C21H23ClN4O3. The number of aliphatic hydroxyl groups is 1. The number of aromatic nitrogens is 3. The molecule has 1 amide bonds. The van der Waals surface area contributed by atoms with Crippen molar-refractivity contribution in [3.63, 3.8) is 0 Å². The maximum atomic E-state index is 13.2. The number of hydrogen-bond acceptors (Lipinski definition) is 4. The molecule has 0 saturated carbocycles. The quantitative estimate of drug-likeness (QED) is 0.629. The summed E-state index contributed by atoms with van der Waals surface area (Å²) in [5.74, 6) is -0.359. The van der Waals surface area contributed by atoms with Crippen LogP contribution in [0.3, 0.4) is 0 Å². The molecule has 0 unspecified atom stereocenters. The van der Waals surface area contributed by atoms with Crippen LogP contribution in [0.4, 0.5) is 0 Å². The van der Waals surface area contributed by atoms with Crippen LogP contribution in [0.25, 0.3) is 16.9 Å². The summed E-state index contributed by atoms with van der Waals surface area (Å²) in [6, 6.07) is 7.26. The van der Waals surface area contributed by atoms with Crippen molar-refractivity contribution in [3.8, 4) is 11.3 Å². The molecule has 0 saturated heterocycles. The largest absolute Gasteiger partial charge is 0.395 e. The minimum atomic E-state index is -0.359. The fraction of sp³-hybridized carbons (Fsp3) is 0.286. The fourth-order valence-electron chi connectivity index (χ4n) is 2.97. The average molecular weight is 415 g/mol. The van der Waals surface area contributed by atoms with Crippen LogP contribution in [-0.2, 0) is 6.54 Å². The number of rotatable bonds is 6. The first-order valence-corrected chi connectivity index (χ1v) is 9.57. The lowest BCUT2D eigenvalue weighted by atomic mass is 10.1. The molecule has 0 aliphatic carbocycles. The highest BCUT2D eigenvalue weighted by Crippen LogP contribution is 2.22. The second-order valence-electron chi connectivity index (χ2n) is 7.03. The number of likely N-dealkylation sites (N-methyl/N-ethyl adjacent to an activating group) is 1. The van der Waals surface area contributed by atoms with Crippen LogP contribution in [0.15, 0.2) is 53.1 Å². The minimum Gasteiger partial charge on any atom is -0.395 e. The van der Waals surface area contributed by atoms with E-state index in [4.69, 9.17) is 16.7 Å². The molecule has 152 valence electrons. The van der Waals surface area contributed by atoms with Crippen molar-refractivity contribution in [3.05, 3.63) is 69.4 Å². The highest BCUT2D eigenvalue weighted by Gasteiger charge is 2.19. The number of amides is 1. The Morgan fingerprint density at radius 3 is 2.72 bits per heavy atom. The van der Waals surface area contributed by atoms with E-state index < -0.39 is 0 Å². The summed E-state index contributed by atoms with van der Waals surface area (Å²) in [4.78, 5) is 31.4. The molecule has 7 nitrogen and oxygen atoms in total. The van der Waals surface area contributed by atoms with Crippen LogP contribution in [0, 0.1) is 0 Å². The van der Waals surface area contributed by atoms with Crippen LogP contribution in [-0.4, -0.2) is 50.1 Å². The van der Waals surface area contributed by atoms with Gasteiger partial charge in [-0.1, -0.05) is 35.4 Å². The molecule has 2 heterocycles. The van der Waals surface area contributed by atoms with E-state index in [0.717, 1.165) is 11.1 Å². The third kappa shape index (κ3) is 4.41. The van der Waals surface area contributed by atoms with Crippen LogP contribution in [0.2, 0.25) is 5.02 Å². The fourth-order valence-corrected chi connectivity index (χ4v) is 3.16. The van der Waals surface area contributed by atoms with Crippen molar-refractivity contribution < 1.29 is 9.90 Å². The molecule has 0 bridgehead atoms. The summed E-state index contributed by atoms with van der Waals surface area (Å²) in [5.41, 5.74) is 2.55. The zero-order valence-corrected chi connectivity index (χ0v) is 17.3. The minimum absolute atomic E-state index is 0.148. The van der Waals surface area contributed by atoms with Gasteiger partial charge in [0.2, 0.25) is 5.65 Å². The number of fused-ring (bicyclic) bond motifs is 1. The molecule has 3 rings (SSSR count). The molecule has 0 atom stereocenters. The lowest BCUT2D eigenvalue weighted by Gasteiger charge is -2.13. The van der Waals surface area contributed by atoms with Gasteiger partial charge in [0.05, 0.1) is 12.3 Å². The number of aliphatic hydroxyl groups excluding tert-OH is 1. The Balaban J connectivity index is 2.20. The summed E-state index contributed by atoms with van der Waals surface area (Å²) < 4.78 is 3.18. The van der Waals surface area contributed by atoms with Gasteiger partial charge >= 0.3 is 0 Å². The van der Waals surface area contributed by atoms with Gasteiger partial charge in [-0.2, -0.15) is 0 Å². The lowest BCUT2D eigenvalue weighted by molar-refractivity contribution is 0.0762. The first kappa shape index (κ1) is 20.8. The number of hydrogen-bond donors (Lipinski definition) is 1. The number of carbonyl (C=O) groups is 1. The number of halogens is 1. The zero-order valence-electron chi connectivity index (χ0n) is 16.6. The van der Waals surface area contributed by atoms with Crippen molar-refractivity contribution in [1.82, 2.24) is 18.9 Å².